The van der Waals surface area contributed by atoms with Crippen molar-refractivity contribution in [1.29, 1.82) is 0 Å². The van der Waals surface area contributed by atoms with Gasteiger partial charge in [-0.1, -0.05) is 19.8 Å². The lowest BCUT2D eigenvalue weighted by Crippen LogP contribution is -2.46. The molecule has 1 aliphatic rings. The fourth-order valence-electron chi connectivity index (χ4n) is 1.90. The Kier molecular flexibility index (Phi) is 6.02. The van der Waals surface area contributed by atoms with E-state index in [9.17, 15) is 5.11 Å². The normalized spacial score (nSPS) is 22.6. The van der Waals surface area contributed by atoms with E-state index < -0.39 is 5.60 Å². The van der Waals surface area contributed by atoms with Gasteiger partial charge in [-0.25, -0.2) is 0 Å². The number of aliphatic hydroxyl groups is 1. The van der Waals surface area contributed by atoms with Crippen LogP contribution in [0.25, 0.3) is 0 Å². The Morgan fingerprint density at radius 3 is 2.67 bits per heavy atom. The lowest BCUT2D eigenvalue weighted by molar-refractivity contribution is 0.0298. The fourth-order valence-corrected chi connectivity index (χ4v) is 3.16. The van der Waals surface area contributed by atoms with E-state index in [1.54, 1.807) is 0 Å². The summed E-state index contributed by atoms with van der Waals surface area (Å²) in [4.78, 5) is 0. The van der Waals surface area contributed by atoms with Crippen LogP contribution in [0.1, 0.15) is 46.0 Å². The van der Waals surface area contributed by atoms with Crippen molar-refractivity contribution >= 4 is 11.8 Å². The number of hydrogen-bond acceptors (Lipinski definition) is 3. The molecule has 1 heterocycles. The smallest absolute Gasteiger partial charge is 0.0787 e. The van der Waals surface area contributed by atoms with Gasteiger partial charge in [0, 0.05) is 12.6 Å². The first-order valence-corrected chi connectivity index (χ1v) is 7.35. The molecule has 0 bridgehead atoms. The van der Waals surface area contributed by atoms with E-state index in [-0.39, 0.29) is 0 Å². The molecule has 1 fully saturated rings. The highest BCUT2D eigenvalue weighted by molar-refractivity contribution is 7.99. The van der Waals surface area contributed by atoms with Crippen molar-refractivity contribution < 1.29 is 5.11 Å². The summed E-state index contributed by atoms with van der Waals surface area (Å²) in [5.74, 6) is 2.23. The third-order valence-electron chi connectivity index (χ3n) is 3.19. The number of hydrogen-bond donors (Lipinski definition) is 2. The van der Waals surface area contributed by atoms with Gasteiger partial charge in [-0.15, -0.1) is 0 Å². The zero-order valence-corrected chi connectivity index (χ0v) is 10.9. The molecule has 90 valence electrons. The first-order valence-electron chi connectivity index (χ1n) is 6.20. The van der Waals surface area contributed by atoms with E-state index >= 15 is 0 Å². The molecule has 15 heavy (non-hydrogen) atoms. The van der Waals surface area contributed by atoms with E-state index in [2.05, 4.69) is 19.2 Å². The lowest BCUT2D eigenvalue weighted by Gasteiger charge is -2.33. The Labute approximate surface area is 98.2 Å². The summed E-state index contributed by atoms with van der Waals surface area (Å²) in [6.07, 6.45) is 5.66. The zero-order chi connectivity index (χ0) is 11.1. The zero-order valence-electron chi connectivity index (χ0n) is 10.1. The third-order valence-corrected chi connectivity index (χ3v) is 4.18. The maximum atomic E-state index is 10.3. The molecule has 0 spiro atoms. The Morgan fingerprint density at radius 2 is 2.07 bits per heavy atom. The van der Waals surface area contributed by atoms with E-state index in [0.717, 1.165) is 30.9 Å². The average Bonchev–Trinajstić information content (AvgIpc) is 2.25. The van der Waals surface area contributed by atoms with Crippen LogP contribution in [-0.2, 0) is 0 Å². The van der Waals surface area contributed by atoms with Gasteiger partial charge in [0.1, 0.15) is 0 Å². The molecule has 2 N–H and O–H groups in total. The molecule has 1 saturated heterocycles. The number of unbranched alkanes of at least 4 members (excludes halogenated alkanes) is 1. The average molecular weight is 231 g/mol. The van der Waals surface area contributed by atoms with Crippen LogP contribution < -0.4 is 5.32 Å². The molecule has 0 aliphatic carbocycles. The molecule has 3 heteroatoms. The summed E-state index contributed by atoms with van der Waals surface area (Å²) in [5.41, 5.74) is -0.425. The van der Waals surface area contributed by atoms with Crippen molar-refractivity contribution in [2.24, 2.45) is 0 Å². The molecule has 0 aromatic heterocycles. The number of nitrogens with one attached hydrogen (secondary N) is 1. The summed E-state index contributed by atoms with van der Waals surface area (Å²) in [6.45, 7) is 5.22. The predicted octanol–water partition coefficient (Wildman–Crippen LogP) is 2.41. The van der Waals surface area contributed by atoms with Crippen LogP contribution in [0.3, 0.4) is 0 Å². The van der Waals surface area contributed by atoms with Crippen molar-refractivity contribution in [2.75, 3.05) is 18.1 Å². The van der Waals surface area contributed by atoms with E-state index in [1.165, 1.54) is 19.3 Å². The van der Waals surface area contributed by atoms with Crippen LogP contribution in [0, 0.1) is 0 Å². The van der Waals surface area contributed by atoms with E-state index in [4.69, 9.17) is 0 Å². The van der Waals surface area contributed by atoms with Gasteiger partial charge in [-0.3, -0.25) is 0 Å². The maximum absolute atomic E-state index is 10.3. The second-order valence-electron chi connectivity index (χ2n) is 4.76. The molecule has 0 aromatic rings. The predicted molar refractivity (Wildman–Crippen MR) is 68.5 cm³/mol. The summed E-state index contributed by atoms with van der Waals surface area (Å²) < 4.78 is 0. The van der Waals surface area contributed by atoms with E-state index in [1.807, 2.05) is 11.8 Å². The van der Waals surface area contributed by atoms with Crippen LogP contribution in [0.4, 0.5) is 0 Å². The SMILES string of the molecule is CCCCC(C)NCC1(O)CCSCC1. The highest BCUT2D eigenvalue weighted by Gasteiger charge is 2.29. The van der Waals surface area contributed by atoms with E-state index in [0.29, 0.717) is 6.04 Å². The molecule has 1 aliphatic heterocycles. The van der Waals surface area contributed by atoms with Gasteiger partial charge in [0.25, 0.3) is 0 Å². The van der Waals surface area contributed by atoms with Gasteiger partial charge in [-0.05, 0) is 37.7 Å². The van der Waals surface area contributed by atoms with Crippen molar-refractivity contribution in [2.45, 2.75) is 57.6 Å². The van der Waals surface area contributed by atoms with Crippen molar-refractivity contribution in [1.82, 2.24) is 5.32 Å². The quantitative estimate of drug-likeness (QED) is 0.736. The molecular formula is C12H25NOS. The summed E-state index contributed by atoms with van der Waals surface area (Å²) >= 11 is 1.96. The molecule has 0 aromatic carbocycles. The van der Waals surface area contributed by atoms with Gasteiger partial charge in [0.2, 0.25) is 0 Å². The number of rotatable bonds is 6. The third kappa shape index (κ3) is 5.23. The minimum Gasteiger partial charge on any atom is -0.389 e. The highest BCUT2D eigenvalue weighted by Crippen LogP contribution is 2.26. The fraction of sp³-hybridized carbons (Fsp3) is 1.00. The van der Waals surface area contributed by atoms with Crippen LogP contribution in [-0.4, -0.2) is 34.8 Å². The summed E-state index contributed by atoms with van der Waals surface area (Å²) in [5, 5.41) is 13.7. The Hall–Kier alpha value is 0.270. The van der Waals surface area contributed by atoms with Crippen LogP contribution in [0.15, 0.2) is 0 Å². The largest absolute Gasteiger partial charge is 0.389 e. The monoisotopic (exact) mass is 231 g/mol. The molecule has 0 saturated carbocycles. The van der Waals surface area contributed by atoms with Crippen molar-refractivity contribution in [3.05, 3.63) is 0 Å². The Balaban J connectivity index is 2.16. The minimum absolute atomic E-state index is 0.425. The van der Waals surface area contributed by atoms with Crippen molar-refractivity contribution in [3.8, 4) is 0 Å². The number of thioether (sulfide) groups is 1. The first-order chi connectivity index (χ1) is 7.16. The molecule has 0 radical (unpaired) electrons. The Morgan fingerprint density at radius 1 is 1.40 bits per heavy atom. The first kappa shape index (κ1) is 13.3. The van der Waals surface area contributed by atoms with Crippen molar-refractivity contribution in [3.63, 3.8) is 0 Å². The second kappa shape index (κ2) is 6.77. The van der Waals surface area contributed by atoms with Gasteiger partial charge in [0.05, 0.1) is 5.60 Å². The molecule has 0 amide bonds. The lowest BCUT2D eigenvalue weighted by atomic mass is 9.96. The molecular weight excluding hydrogens is 206 g/mol. The molecule has 1 unspecified atom stereocenters. The van der Waals surface area contributed by atoms with Gasteiger partial charge in [-0.2, -0.15) is 11.8 Å². The van der Waals surface area contributed by atoms with Gasteiger partial charge in [0.15, 0.2) is 0 Å². The molecule has 1 rings (SSSR count). The standard InChI is InChI=1S/C12H25NOS/c1-3-4-5-11(2)13-10-12(14)6-8-15-9-7-12/h11,13-14H,3-10H2,1-2H3. The molecule has 1 atom stereocenters. The summed E-state index contributed by atoms with van der Waals surface area (Å²) in [7, 11) is 0. The van der Waals surface area contributed by atoms with Gasteiger partial charge >= 0.3 is 0 Å². The maximum Gasteiger partial charge on any atom is 0.0787 e. The van der Waals surface area contributed by atoms with Gasteiger partial charge < -0.3 is 10.4 Å². The van der Waals surface area contributed by atoms with Crippen LogP contribution in [0.2, 0.25) is 0 Å². The topological polar surface area (TPSA) is 32.3 Å². The Bertz CT molecular complexity index is 169. The van der Waals surface area contributed by atoms with Crippen LogP contribution in [0.5, 0.6) is 0 Å². The minimum atomic E-state index is -0.425. The van der Waals surface area contributed by atoms with Crippen LogP contribution >= 0.6 is 11.8 Å². The molecule has 2 nitrogen and oxygen atoms in total. The highest BCUT2D eigenvalue weighted by atomic mass is 32.2. The second-order valence-corrected chi connectivity index (χ2v) is 5.99. The summed E-state index contributed by atoms with van der Waals surface area (Å²) in [6, 6.07) is 0.545.